The Morgan fingerprint density at radius 1 is 0.857 bits per heavy atom. The fourth-order valence-electron chi connectivity index (χ4n) is 5.38. The van der Waals surface area contributed by atoms with Gasteiger partial charge in [-0.3, -0.25) is 4.79 Å². The van der Waals surface area contributed by atoms with Crippen molar-refractivity contribution in [2.24, 2.45) is 0 Å². The van der Waals surface area contributed by atoms with Crippen LogP contribution in [0.25, 0.3) is 0 Å². The molecule has 0 fully saturated rings. The number of halogens is 1. The Kier molecular flexibility index (Phi) is 8.98. The van der Waals surface area contributed by atoms with E-state index < -0.39 is 8.32 Å². The van der Waals surface area contributed by atoms with E-state index in [9.17, 15) is 4.79 Å². The Morgan fingerprint density at radius 3 is 2.06 bits per heavy atom. The molecule has 0 atom stereocenters. The zero-order valence-electron chi connectivity index (χ0n) is 22.0. The van der Waals surface area contributed by atoms with Crippen LogP contribution in [0.1, 0.15) is 68.6 Å². The summed E-state index contributed by atoms with van der Waals surface area (Å²) in [5.74, 6) is -0.0641. The molecule has 3 rings (SSSR count). The Labute approximate surface area is 217 Å². The minimum absolute atomic E-state index is 0.0641. The lowest BCUT2D eigenvalue weighted by Crippen LogP contribution is -2.47. The molecular weight excluding hydrogens is 470 g/mol. The maximum Gasteiger partial charge on any atom is 0.200 e. The topological polar surface area (TPSA) is 38.3 Å². The second-order valence-corrected chi connectivity index (χ2v) is 16.1. The number of carbonyl (C=O) groups is 1. The third-order valence-electron chi connectivity index (χ3n) is 7.08. The standard InChI is InChI=1S/C30H38ClNO2Si/c1-20(2)35(21(3)4,22(5)6)34-19-24-13-9-11-15-29(24)32-25-16-17-27(28(31)18-25)30(33)26-14-10-8-12-23(26)7/h8-18,20-22,32H,19H2,1-7H3. The number of hydrogen-bond donors (Lipinski definition) is 1. The third kappa shape index (κ3) is 5.88. The molecule has 5 heteroatoms. The van der Waals surface area contributed by atoms with Gasteiger partial charge in [0.2, 0.25) is 8.32 Å². The minimum Gasteiger partial charge on any atom is -0.412 e. The molecule has 0 saturated heterocycles. The summed E-state index contributed by atoms with van der Waals surface area (Å²) in [4.78, 5) is 13.0. The molecule has 35 heavy (non-hydrogen) atoms. The van der Waals surface area contributed by atoms with Crippen LogP contribution in [-0.2, 0) is 11.0 Å². The lowest BCUT2D eigenvalue weighted by molar-refractivity contribution is 0.103. The predicted molar refractivity (Wildman–Crippen MR) is 152 cm³/mol. The first-order chi connectivity index (χ1) is 16.6. The quantitative estimate of drug-likeness (QED) is 0.219. The second kappa shape index (κ2) is 11.6. The molecule has 3 aromatic rings. The largest absolute Gasteiger partial charge is 0.412 e. The minimum atomic E-state index is -1.98. The monoisotopic (exact) mass is 507 g/mol. The van der Waals surface area contributed by atoms with E-state index in [0.29, 0.717) is 39.4 Å². The summed E-state index contributed by atoms with van der Waals surface area (Å²) in [6.45, 7) is 16.3. The molecule has 0 aliphatic carbocycles. The van der Waals surface area contributed by atoms with Gasteiger partial charge in [0.1, 0.15) is 0 Å². The van der Waals surface area contributed by atoms with Crippen LogP contribution in [0.2, 0.25) is 21.6 Å². The molecule has 0 aliphatic rings. The van der Waals surface area contributed by atoms with E-state index in [-0.39, 0.29) is 5.78 Å². The number of nitrogens with one attached hydrogen (secondary N) is 1. The highest BCUT2D eigenvalue weighted by molar-refractivity contribution is 6.77. The smallest absolute Gasteiger partial charge is 0.200 e. The van der Waals surface area contributed by atoms with Crippen molar-refractivity contribution in [2.45, 2.75) is 71.7 Å². The van der Waals surface area contributed by atoms with E-state index in [4.69, 9.17) is 16.0 Å². The molecular formula is C30H38ClNO2Si. The van der Waals surface area contributed by atoms with Gasteiger partial charge in [-0.05, 0) is 58.9 Å². The molecule has 0 spiro atoms. The van der Waals surface area contributed by atoms with Gasteiger partial charge in [-0.25, -0.2) is 0 Å². The summed E-state index contributed by atoms with van der Waals surface area (Å²) in [5, 5.41) is 3.93. The summed E-state index contributed by atoms with van der Waals surface area (Å²) in [6, 6.07) is 21.3. The van der Waals surface area contributed by atoms with Crippen molar-refractivity contribution in [2.75, 3.05) is 5.32 Å². The van der Waals surface area contributed by atoms with E-state index in [1.165, 1.54) is 0 Å². The summed E-state index contributed by atoms with van der Waals surface area (Å²) < 4.78 is 6.84. The number of anilines is 2. The van der Waals surface area contributed by atoms with Gasteiger partial charge < -0.3 is 9.74 Å². The Balaban J connectivity index is 1.83. The molecule has 0 bridgehead atoms. The van der Waals surface area contributed by atoms with Gasteiger partial charge in [0.25, 0.3) is 0 Å². The van der Waals surface area contributed by atoms with Gasteiger partial charge in [-0.2, -0.15) is 0 Å². The van der Waals surface area contributed by atoms with E-state index in [0.717, 1.165) is 22.5 Å². The molecule has 3 nitrogen and oxygen atoms in total. The van der Waals surface area contributed by atoms with Gasteiger partial charge in [0.15, 0.2) is 5.78 Å². The summed E-state index contributed by atoms with van der Waals surface area (Å²) in [6.07, 6.45) is 0. The van der Waals surface area contributed by atoms with E-state index in [2.05, 4.69) is 59.0 Å². The molecule has 3 aromatic carbocycles. The first-order valence-corrected chi connectivity index (χ1v) is 15.0. The van der Waals surface area contributed by atoms with Gasteiger partial charge in [-0.1, -0.05) is 95.6 Å². The third-order valence-corrected chi connectivity index (χ3v) is 13.5. The van der Waals surface area contributed by atoms with Crippen LogP contribution in [0.3, 0.4) is 0 Å². The second-order valence-electron chi connectivity index (χ2n) is 10.2. The molecule has 0 heterocycles. The Hall–Kier alpha value is -2.40. The first kappa shape index (κ1) is 27.2. The maximum atomic E-state index is 13.0. The number of hydrogen-bond acceptors (Lipinski definition) is 3. The van der Waals surface area contributed by atoms with E-state index in [1.807, 2.05) is 55.5 Å². The number of benzene rings is 3. The summed E-state index contributed by atoms with van der Waals surface area (Å²) in [5.41, 5.74) is 6.63. The molecule has 0 saturated carbocycles. The highest BCUT2D eigenvalue weighted by Gasteiger charge is 2.45. The Bertz CT molecular complexity index is 1150. The van der Waals surface area contributed by atoms with Crippen molar-refractivity contribution in [3.63, 3.8) is 0 Å². The normalized spacial score (nSPS) is 12.0. The highest BCUT2D eigenvalue weighted by Crippen LogP contribution is 2.43. The fourth-order valence-corrected chi connectivity index (χ4v) is 11.0. The zero-order chi connectivity index (χ0) is 25.8. The van der Waals surface area contributed by atoms with Crippen LogP contribution < -0.4 is 5.32 Å². The molecule has 0 aliphatic heterocycles. The maximum absolute atomic E-state index is 13.0. The van der Waals surface area contributed by atoms with Crippen LogP contribution >= 0.6 is 11.6 Å². The first-order valence-electron chi connectivity index (χ1n) is 12.5. The molecule has 0 amide bonds. The molecule has 0 aromatic heterocycles. The van der Waals surface area contributed by atoms with Crippen molar-refractivity contribution >= 4 is 37.1 Å². The van der Waals surface area contributed by atoms with Gasteiger partial charge in [0, 0.05) is 22.5 Å². The zero-order valence-corrected chi connectivity index (χ0v) is 23.7. The van der Waals surface area contributed by atoms with Crippen LogP contribution in [0.5, 0.6) is 0 Å². The SMILES string of the molecule is Cc1ccccc1C(=O)c1ccc(Nc2ccccc2CO[Si](C(C)C)(C(C)C)C(C)C)cc1Cl. The van der Waals surface area contributed by atoms with Crippen molar-refractivity contribution in [1.29, 1.82) is 0 Å². The van der Waals surface area contributed by atoms with Crippen molar-refractivity contribution in [3.05, 3.63) is 94.0 Å². The average Bonchev–Trinajstić information content (AvgIpc) is 2.80. The highest BCUT2D eigenvalue weighted by atomic mass is 35.5. The Morgan fingerprint density at radius 2 is 1.46 bits per heavy atom. The van der Waals surface area contributed by atoms with Gasteiger partial charge >= 0.3 is 0 Å². The predicted octanol–water partition coefficient (Wildman–Crippen LogP) is 9.32. The number of carbonyl (C=O) groups excluding carboxylic acids is 1. The number of rotatable bonds is 10. The van der Waals surface area contributed by atoms with Crippen LogP contribution in [0.15, 0.2) is 66.7 Å². The lowest BCUT2D eigenvalue weighted by atomic mass is 9.99. The van der Waals surface area contributed by atoms with E-state index >= 15 is 0 Å². The summed E-state index contributed by atoms with van der Waals surface area (Å²) in [7, 11) is -1.98. The average molecular weight is 508 g/mol. The number of para-hydroxylation sites is 1. The van der Waals surface area contributed by atoms with Crippen LogP contribution in [0.4, 0.5) is 11.4 Å². The van der Waals surface area contributed by atoms with Crippen molar-refractivity contribution in [3.8, 4) is 0 Å². The molecule has 186 valence electrons. The fraction of sp³-hybridized carbons (Fsp3) is 0.367. The van der Waals surface area contributed by atoms with Gasteiger partial charge in [0.05, 0.1) is 11.6 Å². The van der Waals surface area contributed by atoms with Crippen LogP contribution in [0, 0.1) is 6.92 Å². The summed E-state index contributed by atoms with van der Waals surface area (Å²) >= 11 is 6.58. The number of ketones is 1. The van der Waals surface area contributed by atoms with E-state index in [1.54, 1.807) is 6.07 Å². The van der Waals surface area contributed by atoms with Crippen LogP contribution in [-0.4, -0.2) is 14.1 Å². The molecule has 0 radical (unpaired) electrons. The van der Waals surface area contributed by atoms with Gasteiger partial charge in [-0.15, -0.1) is 0 Å². The van der Waals surface area contributed by atoms with Crippen molar-refractivity contribution in [1.82, 2.24) is 0 Å². The molecule has 1 N–H and O–H groups in total. The number of aryl methyl sites for hydroxylation is 1. The lowest BCUT2D eigenvalue weighted by Gasteiger charge is -2.42. The molecule has 0 unspecified atom stereocenters. The van der Waals surface area contributed by atoms with Crippen molar-refractivity contribution < 1.29 is 9.22 Å².